The van der Waals surface area contributed by atoms with E-state index in [0.29, 0.717) is 0 Å². The quantitative estimate of drug-likeness (QED) is 0.714. The van der Waals surface area contributed by atoms with Gasteiger partial charge in [0.2, 0.25) is 0 Å². The van der Waals surface area contributed by atoms with Crippen LogP contribution in [0, 0.1) is 29.6 Å². The van der Waals surface area contributed by atoms with Gasteiger partial charge in [0.25, 0.3) is 0 Å². The van der Waals surface area contributed by atoms with Crippen LogP contribution in [0.3, 0.4) is 0 Å². The predicted molar refractivity (Wildman–Crippen MR) is 72.9 cm³/mol. The molecule has 0 aliphatic heterocycles. The highest BCUT2D eigenvalue weighted by atomic mass is 14.9. The average molecular weight is 235 g/mol. The standard InChI is InChI=1S/C16H29N/c1-11(2)5-4-8-17-16-10-12-9-15(16)14-7-3-6-13(12)14/h11-17H,3-10H2,1-2H3. The second-order valence-corrected chi connectivity index (χ2v) is 7.25. The lowest BCUT2D eigenvalue weighted by molar-refractivity contribution is 0.208. The number of rotatable bonds is 5. The Hall–Kier alpha value is -0.0400. The van der Waals surface area contributed by atoms with Crippen molar-refractivity contribution >= 4 is 0 Å². The monoisotopic (exact) mass is 235 g/mol. The summed E-state index contributed by atoms with van der Waals surface area (Å²) in [7, 11) is 0. The van der Waals surface area contributed by atoms with Crippen LogP contribution in [-0.2, 0) is 0 Å². The molecule has 1 heteroatoms. The van der Waals surface area contributed by atoms with Gasteiger partial charge in [0, 0.05) is 6.04 Å². The highest BCUT2D eigenvalue weighted by Gasteiger charge is 2.53. The molecule has 17 heavy (non-hydrogen) atoms. The first-order chi connectivity index (χ1) is 8.25. The third-order valence-corrected chi connectivity index (χ3v) is 5.79. The van der Waals surface area contributed by atoms with Crippen molar-refractivity contribution in [3.05, 3.63) is 0 Å². The van der Waals surface area contributed by atoms with Gasteiger partial charge in [-0.2, -0.15) is 0 Å². The summed E-state index contributed by atoms with van der Waals surface area (Å²) in [4.78, 5) is 0. The molecule has 3 saturated carbocycles. The summed E-state index contributed by atoms with van der Waals surface area (Å²) in [5.41, 5.74) is 0. The smallest absolute Gasteiger partial charge is 0.0101 e. The highest BCUT2D eigenvalue weighted by Crippen LogP contribution is 2.58. The van der Waals surface area contributed by atoms with Gasteiger partial charge in [-0.1, -0.05) is 20.3 Å². The number of nitrogens with one attached hydrogen (secondary N) is 1. The molecule has 5 unspecified atom stereocenters. The van der Waals surface area contributed by atoms with Crippen molar-refractivity contribution in [3.63, 3.8) is 0 Å². The van der Waals surface area contributed by atoms with Crippen molar-refractivity contribution < 1.29 is 0 Å². The minimum Gasteiger partial charge on any atom is -0.314 e. The van der Waals surface area contributed by atoms with Crippen LogP contribution in [0.1, 0.15) is 58.8 Å². The third kappa shape index (κ3) is 2.28. The van der Waals surface area contributed by atoms with Crippen LogP contribution in [-0.4, -0.2) is 12.6 Å². The maximum Gasteiger partial charge on any atom is 0.0101 e. The molecular formula is C16H29N. The highest BCUT2D eigenvalue weighted by molar-refractivity contribution is 5.05. The van der Waals surface area contributed by atoms with Gasteiger partial charge < -0.3 is 5.32 Å². The zero-order chi connectivity index (χ0) is 11.8. The fourth-order valence-electron chi connectivity index (χ4n) is 5.10. The van der Waals surface area contributed by atoms with E-state index < -0.39 is 0 Å². The van der Waals surface area contributed by atoms with Gasteiger partial charge in [0.15, 0.2) is 0 Å². The lowest BCUT2D eigenvalue weighted by Crippen LogP contribution is -2.39. The summed E-state index contributed by atoms with van der Waals surface area (Å²) in [5.74, 6) is 5.31. The Morgan fingerprint density at radius 2 is 1.88 bits per heavy atom. The fraction of sp³-hybridized carbons (Fsp3) is 1.00. The van der Waals surface area contributed by atoms with E-state index in [1.165, 1.54) is 32.2 Å². The molecule has 0 amide bonds. The van der Waals surface area contributed by atoms with Crippen LogP contribution in [0.15, 0.2) is 0 Å². The van der Waals surface area contributed by atoms with Crippen LogP contribution in [0.2, 0.25) is 0 Å². The Labute approximate surface area is 107 Å². The van der Waals surface area contributed by atoms with Crippen LogP contribution in [0.5, 0.6) is 0 Å². The summed E-state index contributed by atoms with van der Waals surface area (Å²) < 4.78 is 0. The van der Waals surface area contributed by atoms with E-state index in [2.05, 4.69) is 19.2 Å². The Kier molecular flexibility index (Phi) is 3.47. The van der Waals surface area contributed by atoms with Crippen molar-refractivity contribution in [1.29, 1.82) is 0 Å². The van der Waals surface area contributed by atoms with Gasteiger partial charge in [0.05, 0.1) is 0 Å². The zero-order valence-corrected chi connectivity index (χ0v) is 11.6. The molecule has 0 heterocycles. The SMILES string of the molecule is CC(C)CCCNC1CC2CC1C1CCCC21. The van der Waals surface area contributed by atoms with Crippen molar-refractivity contribution in [2.24, 2.45) is 29.6 Å². The van der Waals surface area contributed by atoms with E-state index in [9.17, 15) is 0 Å². The molecule has 98 valence electrons. The molecule has 0 aromatic heterocycles. The van der Waals surface area contributed by atoms with E-state index in [0.717, 1.165) is 35.6 Å². The Bertz CT molecular complexity index is 260. The normalized spacial score (nSPS) is 43.6. The summed E-state index contributed by atoms with van der Waals surface area (Å²) in [6, 6.07) is 0.895. The van der Waals surface area contributed by atoms with Gasteiger partial charge >= 0.3 is 0 Å². The molecule has 0 aromatic rings. The molecule has 1 nitrogen and oxygen atoms in total. The third-order valence-electron chi connectivity index (χ3n) is 5.79. The first-order valence-corrected chi connectivity index (χ1v) is 7.99. The van der Waals surface area contributed by atoms with Crippen molar-refractivity contribution in [2.75, 3.05) is 6.54 Å². The Morgan fingerprint density at radius 1 is 1.06 bits per heavy atom. The minimum absolute atomic E-state index is 0.871. The van der Waals surface area contributed by atoms with E-state index in [1.807, 2.05) is 0 Å². The molecule has 2 bridgehead atoms. The van der Waals surface area contributed by atoms with Crippen molar-refractivity contribution in [3.8, 4) is 0 Å². The van der Waals surface area contributed by atoms with Gasteiger partial charge in [-0.15, -0.1) is 0 Å². The summed E-state index contributed by atoms with van der Waals surface area (Å²) >= 11 is 0. The maximum absolute atomic E-state index is 3.88. The molecule has 3 aliphatic carbocycles. The van der Waals surface area contributed by atoms with Gasteiger partial charge in [-0.05, 0) is 74.7 Å². The summed E-state index contributed by atoms with van der Waals surface area (Å²) in [6.45, 7) is 5.94. The summed E-state index contributed by atoms with van der Waals surface area (Å²) in [5, 5.41) is 3.88. The molecule has 3 fully saturated rings. The maximum atomic E-state index is 3.88. The van der Waals surface area contributed by atoms with Crippen molar-refractivity contribution in [2.45, 2.75) is 64.8 Å². The van der Waals surface area contributed by atoms with Crippen molar-refractivity contribution in [1.82, 2.24) is 5.32 Å². The van der Waals surface area contributed by atoms with Gasteiger partial charge in [0.1, 0.15) is 0 Å². The fourth-order valence-corrected chi connectivity index (χ4v) is 5.10. The number of hydrogen-bond acceptors (Lipinski definition) is 1. The molecule has 0 saturated heterocycles. The van der Waals surface area contributed by atoms with Gasteiger partial charge in [-0.3, -0.25) is 0 Å². The molecule has 0 radical (unpaired) electrons. The number of hydrogen-bond donors (Lipinski definition) is 1. The van der Waals surface area contributed by atoms with Crippen LogP contribution < -0.4 is 5.32 Å². The number of fused-ring (bicyclic) bond motifs is 5. The van der Waals surface area contributed by atoms with Crippen LogP contribution in [0.25, 0.3) is 0 Å². The second kappa shape index (κ2) is 4.91. The lowest BCUT2D eigenvalue weighted by Gasteiger charge is -2.32. The van der Waals surface area contributed by atoms with E-state index >= 15 is 0 Å². The van der Waals surface area contributed by atoms with E-state index in [1.54, 1.807) is 19.3 Å². The minimum atomic E-state index is 0.871. The second-order valence-electron chi connectivity index (χ2n) is 7.25. The molecule has 5 atom stereocenters. The van der Waals surface area contributed by atoms with E-state index in [4.69, 9.17) is 0 Å². The van der Waals surface area contributed by atoms with Crippen LogP contribution >= 0.6 is 0 Å². The van der Waals surface area contributed by atoms with E-state index in [-0.39, 0.29) is 0 Å². The first kappa shape index (κ1) is 12.0. The zero-order valence-electron chi connectivity index (χ0n) is 11.6. The summed E-state index contributed by atoms with van der Waals surface area (Å²) in [6.07, 6.45) is 10.5. The molecule has 0 aromatic carbocycles. The Balaban J connectivity index is 1.44. The average Bonchev–Trinajstić information content (AvgIpc) is 2.95. The largest absolute Gasteiger partial charge is 0.314 e. The molecule has 0 spiro atoms. The predicted octanol–water partition coefficient (Wildman–Crippen LogP) is 3.84. The lowest BCUT2D eigenvalue weighted by atomic mass is 9.79. The molecular weight excluding hydrogens is 206 g/mol. The Morgan fingerprint density at radius 3 is 2.71 bits per heavy atom. The molecule has 3 rings (SSSR count). The van der Waals surface area contributed by atoms with Gasteiger partial charge in [-0.25, -0.2) is 0 Å². The molecule has 1 N–H and O–H groups in total. The molecule has 3 aliphatic rings. The first-order valence-electron chi connectivity index (χ1n) is 7.99. The topological polar surface area (TPSA) is 12.0 Å². The van der Waals surface area contributed by atoms with Crippen LogP contribution in [0.4, 0.5) is 0 Å².